The van der Waals surface area contributed by atoms with Crippen LogP contribution in [-0.2, 0) is 22.4 Å². The third-order valence-electron chi connectivity index (χ3n) is 3.91. The standard InChI is InChI=1S/C15H18N4O2.CH2O2/c20-14-10-19(15(21)8-13-3-6-17-18-13)9-12(14)7-11-1-4-16-5-2-11;2-1-3/h1-6,12,14,20H,7-10H2,(H,17,18);1H,(H,2,3)/t12-,14+;/m1./s1. The van der Waals surface area contributed by atoms with Gasteiger partial charge in [-0.25, -0.2) is 0 Å². The first kappa shape index (κ1) is 17.6. The van der Waals surface area contributed by atoms with E-state index in [0.717, 1.165) is 17.7 Å². The highest BCUT2D eigenvalue weighted by Crippen LogP contribution is 2.22. The van der Waals surface area contributed by atoms with E-state index >= 15 is 0 Å². The van der Waals surface area contributed by atoms with Gasteiger partial charge in [0.1, 0.15) is 0 Å². The largest absolute Gasteiger partial charge is 0.483 e. The number of hydrogen-bond donors (Lipinski definition) is 3. The number of aromatic amines is 1. The molecule has 0 bridgehead atoms. The Morgan fingerprint density at radius 2 is 2.00 bits per heavy atom. The summed E-state index contributed by atoms with van der Waals surface area (Å²) in [6.45, 7) is 0.749. The molecule has 8 nitrogen and oxygen atoms in total. The summed E-state index contributed by atoms with van der Waals surface area (Å²) >= 11 is 0. The minimum absolute atomic E-state index is 0.0236. The second-order valence-corrected chi connectivity index (χ2v) is 5.55. The Kier molecular flexibility index (Phi) is 6.44. The van der Waals surface area contributed by atoms with Gasteiger partial charge in [-0.1, -0.05) is 0 Å². The highest BCUT2D eigenvalue weighted by Gasteiger charge is 2.33. The molecule has 1 aliphatic rings. The molecule has 8 heteroatoms. The zero-order valence-electron chi connectivity index (χ0n) is 13.1. The molecular weight excluding hydrogens is 312 g/mol. The van der Waals surface area contributed by atoms with Crippen molar-refractivity contribution in [2.45, 2.75) is 18.9 Å². The molecule has 3 N–H and O–H groups in total. The summed E-state index contributed by atoms with van der Waals surface area (Å²) in [5.74, 6) is 0.105. The van der Waals surface area contributed by atoms with Crippen molar-refractivity contribution >= 4 is 12.4 Å². The number of amides is 1. The summed E-state index contributed by atoms with van der Waals surface area (Å²) in [4.78, 5) is 26.3. The second kappa shape index (κ2) is 8.78. The number of rotatable bonds is 4. The molecule has 128 valence electrons. The van der Waals surface area contributed by atoms with E-state index < -0.39 is 6.10 Å². The highest BCUT2D eigenvalue weighted by atomic mass is 16.3. The predicted molar refractivity (Wildman–Crippen MR) is 85.0 cm³/mol. The third-order valence-corrected chi connectivity index (χ3v) is 3.91. The molecule has 0 spiro atoms. The van der Waals surface area contributed by atoms with Crippen LogP contribution in [0.4, 0.5) is 0 Å². The Balaban J connectivity index is 0.000000647. The summed E-state index contributed by atoms with van der Waals surface area (Å²) < 4.78 is 0. The molecule has 0 unspecified atom stereocenters. The van der Waals surface area contributed by atoms with E-state index in [0.29, 0.717) is 19.5 Å². The maximum absolute atomic E-state index is 12.2. The fourth-order valence-corrected chi connectivity index (χ4v) is 2.74. The summed E-state index contributed by atoms with van der Waals surface area (Å²) in [6.07, 6.45) is 5.72. The van der Waals surface area contributed by atoms with Gasteiger partial charge in [-0.15, -0.1) is 0 Å². The van der Waals surface area contributed by atoms with Gasteiger partial charge in [0, 0.05) is 43.3 Å². The molecule has 0 saturated carbocycles. The van der Waals surface area contributed by atoms with Crippen LogP contribution >= 0.6 is 0 Å². The molecule has 2 atom stereocenters. The number of β-amino-alcohol motifs (C(OH)–C–C–N with tert-alkyl or cyclic N) is 1. The molecule has 1 aliphatic heterocycles. The van der Waals surface area contributed by atoms with Gasteiger partial charge in [0.05, 0.1) is 12.5 Å². The number of aromatic nitrogens is 3. The average Bonchev–Trinajstić information content (AvgIpc) is 3.20. The number of nitrogens with one attached hydrogen (secondary N) is 1. The Bertz CT molecular complexity index is 633. The van der Waals surface area contributed by atoms with Crippen LogP contribution in [0.1, 0.15) is 11.3 Å². The van der Waals surface area contributed by atoms with Gasteiger partial charge in [-0.3, -0.25) is 19.7 Å². The number of carboxylic acid groups (broad SMARTS) is 1. The van der Waals surface area contributed by atoms with E-state index in [9.17, 15) is 9.90 Å². The molecular formula is C16H20N4O4. The van der Waals surface area contributed by atoms with E-state index in [2.05, 4.69) is 15.2 Å². The number of nitrogens with zero attached hydrogens (tertiary/aromatic N) is 3. The topological polar surface area (TPSA) is 119 Å². The molecule has 0 radical (unpaired) electrons. The van der Waals surface area contributed by atoms with Crippen LogP contribution in [0.3, 0.4) is 0 Å². The van der Waals surface area contributed by atoms with E-state index in [1.54, 1.807) is 29.6 Å². The van der Waals surface area contributed by atoms with Crippen molar-refractivity contribution in [3.05, 3.63) is 48.0 Å². The van der Waals surface area contributed by atoms with Gasteiger partial charge in [0.15, 0.2) is 0 Å². The van der Waals surface area contributed by atoms with Crippen LogP contribution in [0.5, 0.6) is 0 Å². The maximum Gasteiger partial charge on any atom is 0.290 e. The van der Waals surface area contributed by atoms with Crippen molar-refractivity contribution < 1.29 is 19.8 Å². The molecule has 2 aromatic heterocycles. The van der Waals surface area contributed by atoms with Crippen molar-refractivity contribution in [3.63, 3.8) is 0 Å². The lowest BCUT2D eigenvalue weighted by molar-refractivity contribution is -0.130. The molecule has 2 aromatic rings. The molecule has 3 rings (SSSR count). The van der Waals surface area contributed by atoms with Gasteiger partial charge in [0.25, 0.3) is 6.47 Å². The zero-order chi connectivity index (χ0) is 17.4. The lowest BCUT2D eigenvalue weighted by Crippen LogP contribution is -2.31. The zero-order valence-corrected chi connectivity index (χ0v) is 13.1. The number of carbonyl (C=O) groups excluding carboxylic acids is 1. The predicted octanol–water partition coefficient (Wildman–Crippen LogP) is 0.110. The van der Waals surface area contributed by atoms with Gasteiger partial charge in [-0.2, -0.15) is 5.10 Å². The fraction of sp³-hybridized carbons (Fsp3) is 0.375. The fourth-order valence-electron chi connectivity index (χ4n) is 2.74. The summed E-state index contributed by atoms with van der Waals surface area (Å²) in [6, 6.07) is 5.68. The van der Waals surface area contributed by atoms with Gasteiger partial charge < -0.3 is 15.1 Å². The Morgan fingerprint density at radius 1 is 1.29 bits per heavy atom. The number of carbonyl (C=O) groups is 2. The van der Waals surface area contributed by atoms with Crippen LogP contribution in [0, 0.1) is 5.92 Å². The normalized spacial score (nSPS) is 19.5. The number of aliphatic hydroxyl groups is 1. The molecule has 24 heavy (non-hydrogen) atoms. The third kappa shape index (κ3) is 4.88. The highest BCUT2D eigenvalue weighted by molar-refractivity contribution is 5.78. The first-order valence-electron chi connectivity index (χ1n) is 7.55. The van der Waals surface area contributed by atoms with E-state index in [1.807, 2.05) is 12.1 Å². The average molecular weight is 332 g/mol. The lowest BCUT2D eigenvalue weighted by atomic mass is 9.97. The van der Waals surface area contributed by atoms with Crippen molar-refractivity contribution in [1.82, 2.24) is 20.1 Å². The molecule has 0 aromatic carbocycles. The molecule has 0 aliphatic carbocycles. The van der Waals surface area contributed by atoms with Crippen molar-refractivity contribution in [2.75, 3.05) is 13.1 Å². The lowest BCUT2D eigenvalue weighted by Gasteiger charge is -2.15. The Hall–Kier alpha value is -2.74. The van der Waals surface area contributed by atoms with Crippen molar-refractivity contribution in [1.29, 1.82) is 0 Å². The van der Waals surface area contributed by atoms with Crippen LogP contribution in [0.2, 0.25) is 0 Å². The summed E-state index contributed by atoms with van der Waals surface area (Å²) in [5.41, 5.74) is 1.93. The number of aliphatic hydroxyl groups excluding tert-OH is 1. The minimum Gasteiger partial charge on any atom is -0.483 e. The number of pyridine rings is 1. The first-order chi connectivity index (χ1) is 11.6. The van der Waals surface area contributed by atoms with Crippen LogP contribution in [-0.4, -0.2) is 61.9 Å². The molecule has 1 fully saturated rings. The van der Waals surface area contributed by atoms with E-state index in [4.69, 9.17) is 9.90 Å². The monoisotopic (exact) mass is 332 g/mol. The van der Waals surface area contributed by atoms with Crippen molar-refractivity contribution in [2.24, 2.45) is 5.92 Å². The van der Waals surface area contributed by atoms with E-state index in [1.165, 1.54) is 0 Å². The van der Waals surface area contributed by atoms with Crippen LogP contribution in [0.25, 0.3) is 0 Å². The molecule has 1 amide bonds. The molecule has 3 heterocycles. The first-order valence-corrected chi connectivity index (χ1v) is 7.55. The second-order valence-electron chi connectivity index (χ2n) is 5.55. The van der Waals surface area contributed by atoms with Crippen molar-refractivity contribution in [3.8, 4) is 0 Å². The minimum atomic E-state index is -0.469. The van der Waals surface area contributed by atoms with Crippen LogP contribution < -0.4 is 0 Å². The summed E-state index contributed by atoms with van der Waals surface area (Å²) in [5, 5.41) is 23.7. The number of hydrogen-bond acceptors (Lipinski definition) is 5. The maximum atomic E-state index is 12.2. The van der Waals surface area contributed by atoms with Gasteiger partial charge in [-0.05, 0) is 30.2 Å². The number of H-pyrrole nitrogens is 1. The number of likely N-dealkylation sites (tertiary alicyclic amines) is 1. The van der Waals surface area contributed by atoms with Crippen LogP contribution in [0.15, 0.2) is 36.8 Å². The van der Waals surface area contributed by atoms with E-state index in [-0.39, 0.29) is 18.3 Å². The summed E-state index contributed by atoms with van der Waals surface area (Å²) in [7, 11) is 0. The Morgan fingerprint density at radius 3 is 2.62 bits per heavy atom. The van der Waals surface area contributed by atoms with Gasteiger partial charge in [0.2, 0.25) is 5.91 Å². The Labute approximate surface area is 139 Å². The molecule has 1 saturated heterocycles. The van der Waals surface area contributed by atoms with Gasteiger partial charge >= 0.3 is 0 Å². The SMILES string of the molecule is O=C(Cc1ccn[nH]1)N1C[C@@H](Cc2ccncc2)[C@@H](O)C1.O=CO. The quantitative estimate of drug-likeness (QED) is 0.684. The smallest absolute Gasteiger partial charge is 0.290 e.